The van der Waals surface area contributed by atoms with E-state index in [0.29, 0.717) is 12.4 Å². The van der Waals surface area contributed by atoms with E-state index >= 15 is 0 Å². The summed E-state index contributed by atoms with van der Waals surface area (Å²) in [5.74, 6) is -0.387. The van der Waals surface area contributed by atoms with Crippen molar-refractivity contribution in [2.45, 2.75) is 6.54 Å². The minimum atomic E-state index is -0.937. The lowest BCUT2D eigenvalue weighted by Gasteiger charge is -2.07. The normalized spacial score (nSPS) is 10.4. The molecule has 7 nitrogen and oxygen atoms in total. The maximum Gasteiger partial charge on any atom is 0.335 e. The summed E-state index contributed by atoms with van der Waals surface area (Å²) in [7, 11) is 0. The standard InChI is InChI=1S/C15H13N5O2/c21-15(22)12-2-1-3-13(8-12)16-9-10-4-6-11(7-5-10)14-17-19-20-18-14/h1-8,16H,9H2,(H,21,22)(H,17,18,19,20). The number of carbonyl (C=O) groups is 1. The molecule has 3 N–H and O–H groups in total. The van der Waals surface area contributed by atoms with Crippen molar-refractivity contribution in [2.75, 3.05) is 5.32 Å². The van der Waals surface area contributed by atoms with Crippen LogP contribution >= 0.6 is 0 Å². The van der Waals surface area contributed by atoms with Crippen LogP contribution in [0.1, 0.15) is 15.9 Å². The van der Waals surface area contributed by atoms with Gasteiger partial charge in [-0.1, -0.05) is 30.3 Å². The molecule has 7 heteroatoms. The molecule has 110 valence electrons. The summed E-state index contributed by atoms with van der Waals surface area (Å²) in [5.41, 5.74) is 2.97. The molecule has 0 aliphatic carbocycles. The first-order valence-corrected chi connectivity index (χ1v) is 6.62. The van der Waals surface area contributed by atoms with Gasteiger partial charge in [0.15, 0.2) is 0 Å². The van der Waals surface area contributed by atoms with E-state index in [1.807, 2.05) is 30.3 Å². The Labute approximate surface area is 126 Å². The molecule has 0 atom stereocenters. The molecular weight excluding hydrogens is 282 g/mol. The van der Waals surface area contributed by atoms with E-state index in [9.17, 15) is 4.79 Å². The molecule has 0 aliphatic rings. The topological polar surface area (TPSA) is 104 Å². The monoisotopic (exact) mass is 295 g/mol. The molecule has 0 spiro atoms. The van der Waals surface area contributed by atoms with Gasteiger partial charge in [-0.05, 0) is 29.0 Å². The van der Waals surface area contributed by atoms with E-state index in [1.54, 1.807) is 18.2 Å². The zero-order chi connectivity index (χ0) is 15.4. The molecule has 0 fully saturated rings. The fraction of sp³-hybridized carbons (Fsp3) is 0.0667. The Morgan fingerprint density at radius 1 is 1.18 bits per heavy atom. The third-order valence-corrected chi connectivity index (χ3v) is 3.16. The van der Waals surface area contributed by atoms with Crippen molar-refractivity contribution < 1.29 is 9.90 Å². The fourth-order valence-electron chi connectivity index (χ4n) is 2.02. The van der Waals surface area contributed by atoms with Crippen molar-refractivity contribution in [3.05, 3.63) is 59.7 Å². The number of aromatic nitrogens is 4. The van der Waals surface area contributed by atoms with E-state index in [0.717, 1.165) is 16.8 Å². The highest BCUT2D eigenvalue weighted by Gasteiger charge is 2.04. The van der Waals surface area contributed by atoms with Gasteiger partial charge in [-0.2, -0.15) is 5.21 Å². The molecule has 1 heterocycles. The highest BCUT2D eigenvalue weighted by Crippen LogP contribution is 2.16. The van der Waals surface area contributed by atoms with Crippen molar-refractivity contribution in [3.8, 4) is 11.4 Å². The van der Waals surface area contributed by atoms with Crippen LogP contribution in [0.2, 0.25) is 0 Å². The van der Waals surface area contributed by atoms with E-state index in [-0.39, 0.29) is 5.56 Å². The highest BCUT2D eigenvalue weighted by molar-refractivity contribution is 5.88. The van der Waals surface area contributed by atoms with Gasteiger partial charge in [0.1, 0.15) is 0 Å². The maximum atomic E-state index is 10.9. The van der Waals surface area contributed by atoms with Gasteiger partial charge in [-0.3, -0.25) is 0 Å². The molecule has 0 amide bonds. The molecule has 0 saturated heterocycles. The minimum absolute atomic E-state index is 0.262. The first-order chi connectivity index (χ1) is 10.7. The van der Waals surface area contributed by atoms with Crippen LogP contribution in [0, 0.1) is 0 Å². The predicted molar refractivity (Wildman–Crippen MR) is 80.3 cm³/mol. The Kier molecular flexibility index (Phi) is 3.78. The Bertz CT molecular complexity index is 769. The predicted octanol–water partition coefficient (Wildman–Crippen LogP) is 2.18. The number of benzene rings is 2. The number of carboxylic acid groups (broad SMARTS) is 1. The van der Waals surface area contributed by atoms with Gasteiger partial charge < -0.3 is 10.4 Å². The number of hydrogen-bond acceptors (Lipinski definition) is 5. The van der Waals surface area contributed by atoms with Gasteiger partial charge in [0.05, 0.1) is 5.56 Å². The molecule has 3 rings (SSSR count). The highest BCUT2D eigenvalue weighted by atomic mass is 16.4. The van der Waals surface area contributed by atoms with E-state index < -0.39 is 5.97 Å². The van der Waals surface area contributed by atoms with Crippen molar-refractivity contribution in [3.63, 3.8) is 0 Å². The number of tetrazole rings is 1. The summed E-state index contributed by atoms with van der Waals surface area (Å²) in [6.07, 6.45) is 0. The lowest BCUT2D eigenvalue weighted by atomic mass is 10.1. The Morgan fingerprint density at radius 2 is 2.00 bits per heavy atom. The van der Waals surface area contributed by atoms with E-state index in [1.165, 1.54) is 0 Å². The first kappa shape index (κ1) is 13.7. The largest absolute Gasteiger partial charge is 0.478 e. The second kappa shape index (κ2) is 6.04. The quantitative estimate of drug-likeness (QED) is 0.666. The summed E-state index contributed by atoms with van der Waals surface area (Å²) in [4.78, 5) is 10.9. The SMILES string of the molecule is O=C(O)c1cccc(NCc2ccc(-c3nn[nH]n3)cc2)c1. The van der Waals surface area contributed by atoms with E-state index in [2.05, 4.69) is 25.9 Å². The Balaban J connectivity index is 1.66. The summed E-state index contributed by atoms with van der Waals surface area (Å²) in [6, 6.07) is 14.5. The number of nitrogens with zero attached hydrogens (tertiary/aromatic N) is 3. The molecule has 22 heavy (non-hydrogen) atoms. The summed E-state index contributed by atoms with van der Waals surface area (Å²) in [5, 5.41) is 25.9. The minimum Gasteiger partial charge on any atom is -0.478 e. The summed E-state index contributed by atoms with van der Waals surface area (Å²) < 4.78 is 0. The molecule has 0 bridgehead atoms. The summed E-state index contributed by atoms with van der Waals surface area (Å²) >= 11 is 0. The molecule has 0 radical (unpaired) electrons. The van der Waals surface area contributed by atoms with Gasteiger partial charge in [0, 0.05) is 17.8 Å². The van der Waals surface area contributed by atoms with Gasteiger partial charge in [0.25, 0.3) is 0 Å². The molecule has 0 unspecified atom stereocenters. The molecule has 0 aliphatic heterocycles. The van der Waals surface area contributed by atoms with Gasteiger partial charge >= 0.3 is 5.97 Å². The second-order valence-corrected chi connectivity index (χ2v) is 4.67. The molecule has 2 aromatic carbocycles. The number of aromatic amines is 1. The van der Waals surface area contributed by atoms with E-state index in [4.69, 9.17) is 5.11 Å². The Hall–Kier alpha value is -3.22. The number of aromatic carboxylic acids is 1. The zero-order valence-electron chi connectivity index (χ0n) is 11.5. The number of hydrogen-bond donors (Lipinski definition) is 3. The van der Waals surface area contributed by atoms with Crippen molar-refractivity contribution in [1.29, 1.82) is 0 Å². The second-order valence-electron chi connectivity index (χ2n) is 4.67. The van der Waals surface area contributed by atoms with Crippen LogP contribution in [0.25, 0.3) is 11.4 Å². The van der Waals surface area contributed by atoms with Crippen molar-refractivity contribution in [2.24, 2.45) is 0 Å². The molecular formula is C15H13N5O2. The van der Waals surface area contributed by atoms with Crippen LogP contribution in [-0.2, 0) is 6.54 Å². The van der Waals surface area contributed by atoms with Crippen LogP contribution in [0.4, 0.5) is 5.69 Å². The molecule has 3 aromatic rings. The van der Waals surface area contributed by atoms with Crippen LogP contribution in [0.15, 0.2) is 48.5 Å². The van der Waals surface area contributed by atoms with Gasteiger partial charge in [0.2, 0.25) is 5.82 Å². The number of rotatable bonds is 5. The molecule has 0 saturated carbocycles. The average Bonchev–Trinajstić information content (AvgIpc) is 3.08. The average molecular weight is 295 g/mol. The fourth-order valence-corrected chi connectivity index (χ4v) is 2.02. The van der Waals surface area contributed by atoms with Crippen LogP contribution in [0.3, 0.4) is 0 Å². The van der Waals surface area contributed by atoms with Crippen LogP contribution in [-0.4, -0.2) is 31.7 Å². The first-order valence-electron chi connectivity index (χ1n) is 6.62. The zero-order valence-corrected chi connectivity index (χ0v) is 11.5. The molecule has 1 aromatic heterocycles. The lowest BCUT2D eigenvalue weighted by molar-refractivity contribution is 0.0697. The third kappa shape index (κ3) is 3.09. The van der Waals surface area contributed by atoms with Gasteiger partial charge in [-0.15, -0.1) is 10.2 Å². The lowest BCUT2D eigenvalue weighted by Crippen LogP contribution is -2.02. The number of carboxylic acids is 1. The Morgan fingerprint density at radius 3 is 2.68 bits per heavy atom. The van der Waals surface area contributed by atoms with Gasteiger partial charge in [-0.25, -0.2) is 4.79 Å². The number of H-pyrrole nitrogens is 1. The number of nitrogens with one attached hydrogen (secondary N) is 2. The van der Waals surface area contributed by atoms with Crippen LogP contribution < -0.4 is 5.32 Å². The van der Waals surface area contributed by atoms with Crippen molar-refractivity contribution >= 4 is 11.7 Å². The van der Waals surface area contributed by atoms with Crippen LogP contribution in [0.5, 0.6) is 0 Å². The van der Waals surface area contributed by atoms with Crippen molar-refractivity contribution in [1.82, 2.24) is 20.6 Å². The smallest absolute Gasteiger partial charge is 0.335 e. The summed E-state index contributed by atoms with van der Waals surface area (Å²) in [6.45, 7) is 0.593. The maximum absolute atomic E-state index is 10.9. The third-order valence-electron chi connectivity index (χ3n) is 3.16. The number of anilines is 1.